The second-order valence-electron chi connectivity index (χ2n) is 7.17. The number of benzene rings is 1. The molecule has 1 saturated heterocycles. The Hall–Kier alpha value is -0.943. The molecule has 1 aliphatic rings. The molecule has 0 saturated carbocycles. The summed E-state index contributed by atoms with van der Waals surface area (Å²) in [6.07, 6.45) is 5.67. The summed E-state index contributed by atoms with van der Waals surface area (Å²) in [6, 6.07) is 11.7. The van der Waals surface area contributed by atoms with Crippen LogP contribution >= 0.6 is 0 Å². The minimum atomic E-state index is 0.0161. The van der Waals surface area contributed by atoms with Crippen LogP contribution in [0.2, 0.25) is 6.04 Å². The molecule has 4 heteroatoms. The minimum absolute atomic E-state index is 0.0161. The summed E-state index contributed by atoms with van der Waals surface area (Å²) < 4.78 is 12.0. The number of nitrogens with zero attached hydrogens (tertiary/aromatic N) is 1. The first-order chi connectivity index (χ1) is 11.0. The maximum Gasteiger partial charge on any atom is 0.131 e. The van der Waals surface area contributed by atoms with Gasteiger partial charge < -0.3 is 9.47 Å². The second kappa shape index (κ2) is 8.78. The maximum absolute atomic E-state index is 6.23. The van der Waals surface area contributed by atoms with Crippen molar-refractivity contribution in [1.82, 2.24) is 4.90 Å². The van der Waals surface area contributed by atoms with Gasteiger partial charge in [0.2, 0.25) is 0 Å². The van der Waals surface area contributed by atoms with Crippen LogP contribution in [0.3, 0.4) is 0 Å². The van der Waals surface area contributed by atoms with Crippen LogP contribution < -0.4 is 0 Å². The molecular weight excluding hydrogens is 302 g/mol. The Balaban J connectivity index is 1.96. The molecule has 1 aromatic rings. The van der Waals surface area contributed by atoms with E-state index >= 15 is 0 Å². The highest BCUT2D eigenvalue weighted by Crippen LogP contribution is 2.27. The zero-order chi connectivity index (χ0) is 16.7. The van der Waals surface area contributed by atoms with E-state index < -0.39 is 0 Å². The van der Waals surface area contributed by atoms with Crippen LogP contribution in [0.4, 0.5) is 0 Å². The summed E-state index contributed by atoms with van der Waals surface area (Å²) in [5, 5.41) is 0. The lowest BCUT2D eigenvalue weighted by molar-refractivity contribution is -0.0241. The molecule has 0 radical (unpaired) electrons. The first-order valence-electron chi connectivity index (χ1n) is 8.74. The first kappa shape index (κ1) is 18.4. The molecule has 1 fully saturated rings. The van der Waals surface area contributed by atoms with Crippen molar-refractivity contribution < 1.29 is 9.47 Å². The van der Waals surface area contributed by atoms with Crippen molar-refractivity contribution in [2.75, 3.05) is 19.8 Å². The standard InChI is InChI=1S/C19H31NO2Si/c1-19(2,3)20-14-17(15-21-12-7-13-23)22-18(20)11-10-16-8-5-4-6-9-16/h4-6,8-11,17-18H,7,12-15H2,1-3,23H3/b11-10+. The molecular formula is C19H31NO2Si. The molecule has 0 aliphatic carbocycles. The van der Waals surface area contributed by atoms with Crippen molar-refractivity contribution in [2.45, 2.75) is 51.1 Å². The number of ether oxygens (including phenoxy) is 2. The van der Waals surface area contributed by atoms with Crippen LogP contribution in [-0.4, -0.2) is 52.8 Å². The maximum atomic E-state index is 6.23. The summed E-state index contributed by atoms with van der Waals surface area (Å²) in [4.78, 5) is 2.41. The second-order valence-corrected chi connectivity index (χ2v) is 8.17. The SMILES string of the molecule is CC(C)(C)N1CC(COCCC[SiH3])OC1/C=C/c1ccccc1. The van der Waals surface area contributed by atoms with Gasteiger partial charge in [-0.3, -0.25) is 4.90 Å². The normalized spacial score (nSPS) is 23.1. The Morgan fingerprint density at radius 3 is 2.70 bits per heavy atom. The van der Waals surface area contributed by atoms with Crippen molar-refractivity contribution in [1.29, 1.82) is 0 Å². The van der Waals surface area contributed by atoms with Crippen LogP contribution in [0.5, 0.6) is 0 Å². The average Bonchev–Trinajstić information content (AvgIpc) is 2.94. The summed E-state index contributed by atoms with van der Waals surface area (Å²) in [7, 11) is 1.26. The van der Waals surface area contributed by atoms with Crippen molar-refractivity contribution >= 4 is 16.3 Å². The Labute approximate surface area is 144 Å². The molecule has 0 amide bonds. The lowest BCUT2D eigenvalue weighted by Gasteiger charge is -2.34. The van der Waals surface area contributed by atoms with Crippen LogP contribution in [0.1, 0.15) is 32.8 Å². The predicted molar refractivity (Wildman–Crippen MR) is 101 cm³/mol. The average molecular weight is 334 g/mol. The largest absolute Gasteiger partial charge is 0.379 e. The van der Waals surface area contributed by atoms with Gasteiger partial charge in [-0.2, -0.15) is 0 Å². The highest BCUT2D eigenvalue weighted by molar-refractivity contribution is 6.08. The molecule has 2 atom stereocenters. The highest BCUT2D eigenvalue weighted by atomic mass is 28.1. The minimum Gasteiger partial charge on any atom is -0.379 e. The van der Waals surface area contributed by atoms with Crippen LogP contribution in [0, 0.1) is 0 Å². The topological polar surface area (TPSA) is 21.7 Å². The van der Waals surface area contributed by atoms with E-state index in [2.05, 4.69) is 62.1 Å². The van der Waals surface area contributed by atoms with Gasteiger partial charge in [0.05, 0.1) is 12.7 Å². The van der Waals surface area contributed by atoms with Gasteiger partial charge in [0.25, 0.3) is 0 Å². The first-order valence-corrected chi connectivity index (χ1v) is 10.2. The van der Waals surface area contributed by atoms with Crippen LogP contribution in [-0.2, 0) is 9.47 Å². The van der Waals surface area contributed by atoms with Crippen LogP contribution in [0.15, 0.2) is 36.4 Å². The quantitative estimate of drug-likeness (QED) is 0.566. The third-order valence-corrected chi connectivity index (χ3v) is 4.81. The summed E-state index contributed by atoms with van der Waals surface area (Å²) >= 11 is 0. The van der Waals surface area contributed by atoms with E-state index in [0.717, 1.165) is 13.2 Å². The van der Waals surface area contributed by atoms with Crippen molar-refractivity contribution in [2.24, 2.45) is 0 Å². The molecule has 1 aromatic carbocycles. The van der Waals surface area contributed by atoms with Gasteiger partial charge >= 0.3 is 0 Å². The van der Waals surface area contributed by atoms with Gasteiger partial charge in [0, 0.05) is 28.9 Å². The molecule has 1 aliphatic heterocycles. The molecule has 0 spiro atoms. The van der Waals surface area contributed by atoms with Gasteiger partial charge in [-0.1, -0.05) is 42.5 Å². The number of hydrogen-bond acceptors (Lipinski definition) is 3. The van der Waals surface area contributed by atoms with E-state index in [0.29, 0.717) is 6.61 Å². The molecule has 2 unspecified atom stereocenters. The number of hydrogen-bond donors (Lipinski definition) is 0. The molecule has 1 heterocycles. The molecule has 128 valence electrons. The predicted octanol–water partition coefficient (Wildman–Crippen LogP) is 2.72. The summed E-state index contributed by atoms with van der Waals surface area (Å²) in [5.41, 5.74) is 1.28. The van der Waals surface area contributed by atoms with E-state index in [1.165, 1.54) is 28.3 Å². The summed E-state index contributed by atoms with van der Waals surface area (Å²) in [6.45, 7) is 9.21. The van der Waals surface area contributed by atoms with E-state index in [1.54, 1.807) is 0 Å². The summed E-state index contributed by atoms with van der Waals surface area (Å²) in [5.74, 6) is 0. The monoisotopic (exact) mass is 333 g/mol. The van der Waals surface area contributed by atoms with Crippen molar-refractivity contribution in [3.8, 4) is 0 Å². The molecule has 23 heavy (non-hydrogen) atoms. The molecule has 0 aromatic heterocycles. The van der Waals surface area contributed by atoms with E-state index in [1.807, 2.05) is 6.07 Å². The van der Waals surface area contributed by atoms with E-state index in [-0.39, 0.29) is 17.9 Å². The fourth-order valence-electron chi connectivity index (χ4n) is 2.75. The fraction of sp³-hybridized carbons (Fsp3) is 0.579. The Morgan fingerprint density at radius 1 is 1.30 bits per heavy atom. The molecule has 3 nitrogen and oxygen atoms in total. The lowest BCUT2D eigenvalue weighted by Crippen LogP contribution is -2.44. The third-order valence-electron chi connectivity index (χ3n) is 4.10. The van der Waals surface area contributed by atoms with Crippen molar-refractivity contribution in [3.63, 3.8) is 0 Å². The lowest BCUT2D eigenvalue weighted by atomic mass is 10.1. The van der Waals surface area contributed by atoms with Gasteiger partial charge in [0.15, 0.2) is 0 Å². The number of rotatable bonds is 7. The van der Waals surface area contributed by atoms with Gasteiger partial charge in [-0.25, -0.2) is 0 Å². The van der Waals surface area contributed by atoms with Gasteiger partial charge in [0.1, 0.15) is 6.23 Å². The van der Waals surface area contributed by atoms with E-state index in [9.17, 15) is 0 Å². The van der Waals surface area contributed by atoms with Gasteiger partial charge in [-0.15, -0.1) is 0 Å². The molecule has 0 N–H and O–H groups in total. The highest BCUT2D eigenvalue weighted by Gasteiger charge is 2.37. The molecule has 2 rings (SSSR count). The zero-order valence-electron chi connectivity index (χ0n) is 15.0. The Kier molecular flexibility index (Phi) is 7.02. The van der Waals surface area contributed by atoms with Gasteiger partial charge in [-0.05, 0) is 38.8 Å². The third kappa shape index (κ3) is 5.88. The Morgan fingerprint density at radius 2 is 2.04 bits per heavy atom. The Bertz CT molecular complexity index is 484. The fourth-order valence-corrected chi connectivity index (χ4v) is 3.04. The van der Waals surface area contributed by atoms with E-state index in [4.69, 9.17) is 9.47 Å². The van der Waals surface area contributed by atoms with Crippen LogP contribution in [0.25, 0.3) is 6.08 Å². The zero-order valence-corrected chi connectivity index (χ0v) is 17.0. The smallest absolute Gasteiger partial charge is 0.131 e. The molecule has 0 bridgehead atoms. The van der Waals surface area contributed by atoms with Crippen molar-refractivity contribution in [3.05, 3.63) is 42.0 Å².